The van der Waals surface area contributed by atoms with Gasteiger partial charge < -0.3 is 4.90 Å². The SMILES string of the molecule is CC(C)CN1C(=O)c2[nH]nc(-c3ccccc3)c2C1c1cccc(Cl)c1. The molecule has 26 heavy (non-hydrogen) atoms. The van der Waals surface area contributed by atoms with Crippen molar-refractivity contribution >= 4 is 17.5 Å². The summed E-state index contributed by atoms with van der Waals surface area (Å²) < 4.78 is 0. The minimum atomic E-state index is -0.187. The number of benzene rings is 2. The van der Waals surface area contributed by atoms with E-state index in [2.05, 4.69) is 24.0 Å². The third-order valence-corrected chi connectivity index (χ3v) is 4.87. The summed E-state index contributed by atoms with van der Waals surface area (Å²) in [6.45, 7) is 4.91. The molecule has 1 amide bonds. The van der Waals surface area contributed by atoms with Crippen LogP contribution < -0.4 is 0 Å². The van der Waals surface area contributed by atoms with Gasteiger partial charge >= 0.3 is 0 Å². The molecule has 0 spiro atoms. The number of amides is 1. The molecule has 1 unspecified atom stereocenters. The molecule has 5 heteroatoms. The molecular formula is C21H20ClN3O. The number of nitrogens with zero attached hydrogens (tertiary/aromatic N) is 2. The van der Waals surface area contributed by atoms with Gasteiger partial charge in [-0.25, -0.2) is 0 Å². The van der Waals surface area contributed by atoms with Gasteiger partial charge in [-0.1, -0.05) is 67.9 Å². The fourth-order valence-corrected chi connectivity index (χ4v) is 3.82. The maximum Gasteiger partial charge on any atom is 0.273 e. The summed E-state index contributed by atoms with van der Waals surface area (Å²) in [6, 6.07) is 17.5. The predicted molar refractivity (Wildman–Crippen MR) is 103 cm³/mol. The maximum atomic E-state index is 13.1. The molecule has 1 N–H and O–H groups in total. The summed E-state index contributed by atoms with van der Waals surface area (Å²) in [7, 11) is 0. The smallest absolute Gasteiger partial charge is 0.273 e. The molecule has 4 nitrogen and oxygen atoms in total. The normalized spacial score (nSPS) is 16.4. The number of hydrogen-bond acceptors (Lipinski definition) is 2. The van der Waals surface area contributed by atoms with Gasteiger partial charge in [-0.05, 0) is 23.6 Å². The Labute approximate surface area is 157 Å². The largest absolute Gasteiger partial charge is 0.326 e. The zero-order valence-electron chi connectivity index (χ0n) is 14.7. The molecule has 0 aliphatic carbocycles. The standard InChI is InChI=1S/C21H20ClN3O/c1-13(2)12-25-20(15-9-6-10-16(22)11-15)17-18(14-7-4-3-5-8-14)23-24-19(17)21(25)26/h3-11,13,20H,12H2,1-2H3,(H,23,24). The van der Waals surface area contributed by atoms with Crippen LogP contribution in [0.25, 0.3) is 11.3 Å². The van der Waals surface area contributed by atoms with Crippen molar-refractivity contribution in [3.8, 4) is 11.3 Å². The summed E-state index contributed by atoms with van der Waals surface area (Å²) in [4.78, 5) is 15.0. The second kappa shape index (κ2) is 6.61. The number of rotatable bonds is 4. The Morgan fingerprint density at radius 1 is 1.15 bits per heavy atom. The van der Waals surface area contributed by atoms with Crippen molar-refractivity contribution in [1.29, 1.82) is 0 Å². The Morgan fingerprint density at radius 2 is 1.92 bits per heavy atom. The molecule has 0 radical (unpaired) electrons. The van der Waals surface area contributed by atoms with E-state index >= 15 is 0 Å². The predicted octanol–water partition coefficient (Wildman–Crippen LogP) is 4.93. The first kappa shape index (κ1) is 16.9. The highest BCUT2D eigenvalue weighted by atomic mass is 35.5. The Balaban J connectivity index is 1.90. The van der Waals surface area contributed by atoms with E-state index in [-0.39, 0.29) is 11.9 Å². The summed E-state index contributed by atoms with van der Waals surface area (Å²) in [5, 5.41) is 8.11. The van der Waals surface area contributed by atoms with Gasteiger partial charge in [-0.2, -0.15) is 5.10 Å². The van der Waals surface area contributed by atoms with Crippen LogP contribution in [-0.2, 0) is 0 Å². The quantitative estimate of drug-likeness (QED) is 0.712. The molecule has 2 aromatic carbocycles. The van der Waals surface area contributed by atoms with E-state index in [4.69, 9.17) is 11.6 Å². The molecule has 132 valence electrons. The molecule has 0 saturated heterocycles. The van der Waals surface area contributed by atoms with Crippen LogP contribution in [-0.4, -0.2) is 27.5 Å². The highest BCUT2D eigenvalue weighted by Crippen LogP contribution is 2.43. The number of hydrogen-bond donors (Lipinski definition) is 1. The van der Waals surface area contributed by atoms with E-state index in [1.165, 1.54) is 0 Å². The van der Waals surface area contributed by atoms with Crippen molar-refractivity contribution in [3.63, 3.8) is 0 Å². The summed E-state index contributed by atoms with van der Waals surface area (Å²) >= 11 is 6.24. The summed E-state index contributed by atoms with van der Waals surface area (Å²) in [5.74, 6) is 0.353. The first-order valence-electron chi connectivity index (χ1n) is 8.76. The van der Waals surface area contributed by atoms with Gasteiger partial charge in [-0.3, -0.25) is 9.89 Å². The molecule has 1 atom stereocenters. The molecular weight excluding hydrogens is 346 g/mol. The zero-order valence-corrected chi connectivity index (χ0v) is 15.5. The highest BCUT2D eigenvalue weighted by molar-refractivity contribution is 6.30. The van der Waals surface area contributed by atoms with Gasteiger partial charge in [-0.15, -0.1) is 0 Å². The average molecular weight is 366 g/mol. The van der Waals surface area contributed by atoms with Crippen LogP contribution in [0, 0.1) is 5.92 Å². The average Bonchev–Trinajstić information content (AvgIpc) is 3.15. The molecule has 1 aliphatic rings. The second-order valence-electron chi connectivity index (χ2n) is 7.04. The first-order valence-corrected chi connectivity index (χ1v) is 9.14. The Hall–Kier alpha value is -2.59. The van der Waals surface area contributed by atoms with Crippen LogP contribution >= 0.6 is 11.6 Å². The maximum absolute atomic E-state index is 13.1. The number of H-pyrrole nitrogens is 1. The van der Waals surface area contributed by atoms with E-state index in [0.29, 0.717) is 23.2 Å². The fraction of sp³-hybridized carbons (Fsp3) is 0.238. The van der Waals surface area contributed by atoms with E-state index in [1.807, 2.05) is 59.5 Å². The second-order valence-corrected chi connectivity index (χ2v) is 7.47. The molecule has 2 heterocycles. The number of fused-ring (bicyclic) bond motifs is 1. The molecule has 0 bridgehead atoms. The van der Waals surface area contributed by atoms with Crippen molar-refractivity contribution in [2.45, 2.75) is 19.9 Å². The number of carbonyl (C=O) groups excluding carboxylic acids is 1. The van der Waals surface area contributed by atoms with E-state index in [0.717, 1.165) is 22.4 Å². The molecule has 0 fully saturated rings. The van der Waals surface area contributed by atoms with Crippen molar-refractivity contribution in [3.05, 3.63) is 76.4 Å². The van der Waals surface area contributed by atoms with Gasteiger partial charge in [0, 0.05) is 22.7 Å². The fourth-order valence-electron chi connectivity index (χ4n) is 3.62. The third-order valence-electron chi connectivity index (χ3n) is 4.64. The molecule has 3 aromatic rings. The number of nitrogens with one attached hydrogen (secondary N) is 1. The van der Waals surface area contributed by atoms with Crippen LogP contribution in [0.5, 0.6) is 0 Å². The van der Waals surface area contributed by atoms with Crippen LogP contribution in [0.3, 0.4) is 0 Å². The minimum Gasteiger partial charge on any atom is -0.326 e. The number of aromatic amines is 1. The lowest BCUT2D eigenvalue weighted by atomic mass is 9.96. The van der Waals surface area contributed by atoms with Crippen molar-refractivity contribution in [1.82, 2.24) is 15.1 Å². The lowest BCUT2D eigenvalue weighted by Gasteiger charge is -2.28. The van der Waals surface area contributed by atoms with Crippen molar-refractivity contribution in [2.24, 2.45) is 5.92 Å². The lowest BCUT2D eigenvalue weighted by molar-refractivity contribution is 0.0722. The van der Waals surface area contributed by atoms with Gasteiger partial charge in [0.2, 0.25) is 0 Å². The molecule has 1 aromatic heterocycles. The van der Waals surface area contributed by atoms with E-state index in [1.54, 1.807) is 0 Å². The van der Waals surface area contributed by atoms with Crippen LogP contribution in [0.15, 0.2) is 54.6 Å². The van der Waals surface area contributed by atoms with Crippen molar-refractivity contribution < 1.29 is 4.79 Å². The summed E-state index contributed by atoms with van der Waals surface area (Å²) in [6.07, 6.45) is 0. The van der Waals surface area contributed by atoms with Crippen LogP contribution in [0.2, 0.25) is 5.02 Å². The lowest BCUT2D eigenvalue weighted by Crippen LogP contribution is -2.32. The van der Waals surface area contributed by atoms with Gasteiger partial charge in [0.25, 0.3) is 5.91 Å². The Kier molecular flexibility index (Phi) is 4.29. The monoisotopic (exact) mass is 365 g/mol. The number of aromatic nitrogens is 2. The third kappa shape index (κ3) is 2.80. The van der Waals surface area contributed by atoms with E-state index in [9.17, 15) is 4.79 Å². The molecule has 4 rings (SSSR count). The Morgan fingerprint density at radius 3 is 2.62 bits per heavy atom. The summed E-state index contributed by atoms with van der Waals surface area (Å²) in [5.41, 5.74) is 4.34. The van der Waals surface area contributed by atoms with Gasteiger partial charge in [0.15, 0.2) is 0 Å². The number of carbonyl (C=O) groups is 1. The minimum absolute atomic E-state index is 0.00615. The van der Waals surface area contributed by atoms with Crippen LogP contribution in [0.4, 0.5) is 0 Å². The Bertz CT molecular complexity index is 949. The van der Waals surface area contributed by atoms with Crippen LogP contribution in [0.1, 0.15) is 41.5 Å². The topological polar surface area (TPSA) is 49.0 Å². The molecule has 1 aliphatic heterocycles. The zero-order chi connectivity index (χ0) is 18.3. The van der Waals surface area contributed by atoms with Crippen molar-refractivity contribution in [2.75, 3.05) is 6.54 Å². The van der Waals surface area contributed by atoms with Gasteiger partial charge in [0.1, 0.15) is 5.69 Å². The molecule has 0 saturated carbocycles. The number of halogens is 1. The van der Waals surface area contributed by atoms with E-state index < -0.39 is 0 Å². The first-order chi connectivity index (χ1) is 12.6. The van der Waals surface area contributed by atoms with Gasteiger partial charge in [0.05, 0.1) is 11.7 Å². The highest BCUT2D eigenvalue weighted by Gasteiger charge is 2.42.